The lowest BCUT2D eigenvalue weighted by atomic mass is 9.83. The molecule has 0 spiro atoms. The zero-order chi connectivity index (χ0) is 16.2. The van der Waals surface area contributed by atoms with Gasteiger partial charge in [0.2, 0.25) is 0 Å². The highest BCUT2D eigenvalue weighted by Crippen LogP contribution is 2.30. The van der Waals surface area contributed by atoms with Crippen LogP contribution in [-0.4, -0.2) is 18.8 Å². The molecule has 0 aromatic heterocycles. The van der Waals surface area contributed by atoms with E-state index in [0.29, 0.717) is 12.3 Å². The van der Waals surface area contributed by atoms with Gasteiger partial charge in [0.25, 0.3) is 0 Å². The molecule has 1 aliphatic rings. The van der Waals surface area contributed by atoms with E-state index in [9.17, 15) is 9.36 Å². The molecule has 1 aliphatic carbocycles. The van der Waals surface area contributed by atoms with Crippen molar-refractivity contribution < 1.29 is 18.6 Å². The maximum absolute atomic E-state index is 12.3. The Hall–Kier alpha value is -0.510. The molecule has 6 heteroatoms. The van der Waals surface area contributed by atoms with Gasteiger partial charge in [0.05, 0.1) is 12.5 Å². The molecule has 2 N–H and O–H groups in total. The molecule has 22 heavy (non-hydrogen) atoms. The molecule has 0 saturated heterocycles. The van der Waals surface area contributed by atoms with Crippen LogP contribution in [0.4, 0.5) is 0 Å². The first-order valence-electron chi connectivity index (χ1n) is 8.58. The van der Waals surface area contributed by atoms with Crippen molar-refractivity contribution in [3.05, 3.63) is 0 Å². The number of carbonyl (C=O) groups is 1. The number of esters is 1. The fourth-order valence-electron chi connectivity index (χ4n) is 3.08. The molecule has 0 bridgehead atoms. The molecule has 0 aliphatic heterocycles. The maximum atomic E-state index is 12.3. The molecule has 1 rings (SSSR count). The van der Waals surface area contributed by atoms with Gasteiger partial charge in [-0.3, -0.25) is 15.1 Å². The number of ether oxygens (including phenoxy) is 1. The lowest BCUT2D eigenvalue weighted by Gasteiger charge is -2.25. The van der Waals surface area contributed by atoms with Crippen LogP contribution < -0.4 is 5.73 Å². The Kier molecular flexibility index (Phi) is 10.6. The highest BCUT2D eigenvalue weighted by Gasteiger charge is 2.27. The first-order valence-corrected chi connectivity index (χ1v) is 9.31. The van der Waals surface area contributed by atoms with Crippen LogP contribution in [0.2, 0.25) is 0 Å². The van der Waals surface area contributed by atoms with Crippen LogP contribution >= 0.6 is 8.69 Å². The second kappa shape index (κ2) is 12.0. The average Bonchev–Trinajstić information content (AvgIpc) is 2.52. The Labute approximate surface area is 135 Å². The quantitative estimate of drug-likeness (QED) is 0.266. The van der Waals surface area contributed by atoms with Crippen molar-refractivity contribution in [2.24, 2.45) is 17.6 Å². The molecule has 1 saturated carbocycles. The standard InChI is InChI=1S/C16H30NO4P/c1-2-3-5-10-15(17)21-16(18)14(12-20-22-19)11-13-8-6-4-7-9-13/h13-15H,2-12,17H2,1H3. The fraction of sp³-hybridized carbons (Fsp3) is 0.938. The number of hydrogen-bond acceptors (Lipinski definition) is 5. The van der Waals surface area contributed by atoms with Crippen LogP contribution in [0.15, 0.2) is 0 Å². The number of hydrogen-bond donors (Lipinski definition) is 1. The third-order valence-electron chi connectivity index (χ3n) is 4.36. The normalized spacial score (nSPS) is 19.0. The van der Waals surface area contributed by atoms with Gasteiger partial charge < -0.3 is 4.74 Å². The molecule has 0 radical (unpaired) electrons. The van der Waals surface area contributed by atoms with Crippen LogP contribution in [0, 0.1) is 11.8 Å². The minimum atomic E-state index is -0.544. The van der Waals surface area contributed by atoms with Gasteiger partial charge in [-0.1, -0.05) is 51.9 Å². The molecule has 1 fully saturated rings. The van der Waals surface area contributed by atoms with E-state index in [-0.39, 0.29) is 18.5 Å². The van der Waals surface area contributed by atoms with Gasteiger partial charge in [0.15, 0.2) is 6.23 Å². The van der Waals surface area contributed by atoms with Gasteiger partial charge in [-0.15, -0.1) is 0 Å². The fourth-order valence-corrected chi connectivity index (χ4v) is 3.32. The minimum absolute atomic E-state index is 0.141. The van der Waals surface area contributed by atoms with Gasteiger partial charge >= 0.3 is 14.7 Å². The van der Waals surface area contributed by atoms with Crippen molar-refractivity contribution in [2.45, 2.75) is 77.4 Å². The van der Waals surface area contributed by atoms with Gasteiger partial charge in [0, 0.05) is 0 Å². The Bertz CT molecular complexity index is 321. The summed E-state index contributed by atoms with van der Waals surface area (Å²) in [7, 11) is -0.391. The Morgan fingerprint density at radius 1 is 1.27 bits per heavy atom. The molecule has 2 unspecified atom stereocenters. The van der Waals surface area contributed by atoms with E-state index in [0.717, 1.165) is 38.5 Å². The maximum Gasteiger partial charge on any atom is 0.327 e. The van der Waals surface area contributed by atoms with E-state index in [1.165, 1.54) is 19.3 Å². The van der Waals surface area contributed by atoms with Crippen LogP contribution in [-0.2, 0) is 18.6 Å². The molecule has 0 aromatic carbocycles. The van der Waals surface area contributed by atoms with Crippen LogP contribution in [0.3, 0.4) is 0 Å². The molecule has 0 heterocycles. The smallest absolute Gasteiger partial charge is 0.327 e. The first kappa shape index (κ1) is 19.5. The lowest BCUT2D eigenvalue weighted by Crippen LogP contribution is -2.33. The topological polar surface area (TPSA) is 78.6 Å². The van der Waals surface area contributed by atoms with Gasteiger partial charge in [-0.05, 0) is 25.2 Å². The summed E-state index contributed by atoms with van der Waals surface area (Å²) >= 11 is 0. The third kappa shape index (κ3) is 8.21. The van der Waals surface area contributed by atoms with Gasteiger partial charge in [-0.25, -0.2) is 4.57 Å². The number of rotatable bonds is 11. The van der Waals surface area contributed by atoms with Crippen molar-refractivity contribution in [3.8, 4) is 0 Å². The number of unbranched alkanes of at least 4 members (excludes halogenated alkanes) is 2. The second-order valence-corrected chi connectivity index (χ2v) is 6.69. The van der Waals surface area contributed by atoms with Crippen LogP contribution in [0.25, 0.3) is 0 Å². The third-order valence-corrected chi connectivity index (χ3v) is 4.62. The zero-order valence-corrected chi connectivity index (χ0v) is 14.6. The highest BCUT2D eigenvalue weighted by atomic mass is 31.1. The average molecular weight is 331 g/mol. The minimum Gasteiger partial charge on any atom is -0.447 e. The van der Waals surface area contributed by atoms with Crippen molar-refractivity contribution in [1.29, 1.82) is 0 Å². The van der Waals surface area contributed by atoms with Crippen molar-refractivity contribution in [3.63, 3.8) is 0 Å². The summed E-state index contributed by atoms with van der Waals surface area (Å²) in [6.07, 6.45) is 10.1. The first-order chi connectivity index (χ1) is 10.7. The van der Waals surface area contributed by atoms with Gasteiger partial charge in [0.1, 0.15) is 0 Å². The highest BCUT2D eigenvalue weighted by molar-refractivity contribution is 7.17. The number of carbonyl (C=O) groups excluding carboxylic acids is 1. The number of nitrogens with two attached hydrogens (primary N) is 1. The van der Waals surface area contributed by atoms with Crippen LogP contribution in [0.5, 0.6) is 0 Å². The summed E-state index contributed by atoms with van der Waals surface area (Å²) in [5, 5.41) is 0. The van der Waals surface area contributed by atoms with E-state index in [1.54, 1.807) is 0 Å². The molecule has 5 nitrogen and oxygen atoms in total. The van der Waals surface area contributed by atoms with E-state index in [4.69, 9.17) is 15.0 Å². The van der Waals surface area contributed by atoms with E-state index < -0.39 is 14.9 Å². The molecule has 128 valence electrons. The summed E-state index contributed by atoms with van der Waals surface area (Å²) < 4.78 is 20.8. The summed E-state index contributed by atoms with van der Waals surface area (Å²) in [5.74, 6) is -0.130. The van der Waals surface area contributed by atoms with Crippen molar-refractivity contribution in [2.75, 3.05) is 6.61 Å². The Balaban J connectivity index is 2.42. The molecule has 0 amide bonds. The van der Waals surface area contributed by atoms with E-state index in [1.807, 2.05) is 0 Å². The van der Waals surface area contributed by atoms with Crippen molar-refractivity contribution >= 4 is 14.7 Å². The van der Waals surface area contributed by atoms with E-state index in [2.05, 4.69) is 6.92 Å². The van der Waals surface area contributed by atoms with Gasteiger partial charge in [-0.2, -0.15) is 0 Å². The largest absolute Gasteiger partial charge is 0.447 e. The predicted octanol–water partition coefficient (Wildman–Crippen LogP) is 4.20. The summed E-state index contributed by atoms with van der Waals surface area (Å²) in [6, 6.07) is 0. The van der Waals surface area contributed by atoms with E-state index >= 15 is 0 Å². The lowest BCUT2D eigenvalue weighted by molar-refractivity contribution is -0.156. The Morgan fingerprint density at radius 2 is 2.00 bits per heavy atom. The molecular formula is C16H30NO4P. The monoisotopic (exact) mass is 331 g/mol. The zero-order valence-electron chi connectivity index (χ0n) is 13.7. The molecule has 2 atom stereocenters. The van der Waals surface area contributed by atoms with Crippen molar-refractivity contribution in [1.82, 2.24) is 0 Å². The predicted molar refractivity (Wildman–Crippen MR) is 86.4 cm³/mol. The second-order valence-electron chi connectivity index (χ2n) is 6.28. The molecular weight excluding hydrogens is 301 g/mol. The van der Waals surface area contributed by atoms with Crippen LogP contribution in [0.1, 0.15) is 71.1 Å². The summed E-state index contributed by atoms with van der Waals surface area (Å²) in [5.41, 5.74) is 5.87. The molecule has 0 aromatic rings. The Morgan fingerprint density at radius 3 is 2.64 bits per heavy atom. The SMILES string of the molecule is CCCCCC(N)OC(=O)C(COP=O)CC1CCCCC1. The summed E-state index contributed by atoms with van der Waals surface area (Å²) in [4.78, 5) is 12.3. The summed E-state index contributed by atoms with van der Waals surface area (Å²) in [6.45, 7) is 2.26.